The average Bonchev–Trinajstić information content (AvgIpc) is 3.68. The van der Waals surface area contributed by atoms with Gasteiger partial charge in [-0.15, -0.1) is 0 Å². The lowest BCUT2D eigenvalue weighted by Gasteiger charge is -2.39. The van der Waals surface area contributed by atoms with E-state index in [1.807, 2.05) is 67.6 Å². The van der Waals surface area contributed by atoms with E-state index in [1.54, 1.807) is 53.4 Å². The van der Waals surface area contributed by atoms with Crippen LogP contribution >= 0.6 is 0 Å². The molecule has 5 atom stereocenters. The fourth-order valence-corrected chi connectivity index (χ4v) is 13.9. The summed E-state index contributed by atoms with van der Waals surface area (Å²) in [4.78, 5) is 58.1. The third-order valence-electron chi connectivity index (χ3n) is 13.0. The van der Waals surface area contributed by atoms with Crippen molar-refractivity contribution in [3.63, 3.8) is 0 Å². The highest BCUT2D eigenvalue weighted by Gasteiger charge is 2.67. The Morgan fingerprint density at radius 1 is 0.950 bits per heavy atom. The smallest absolute Gasteiger partial charge is 0.297 e. The molecule has 310 valence electrons. The molecule has 0 bridgehead atoms. The molecule has 60 heavy (non-hydrogen) atoms. The summed E-state index contributed by atoms with van der Waals surface area (Å²) in [7, 11) is 0.375. The molecule has 0 saturated carbocycles. The van der Waals surface area contributed by atoms with E-state index >= 15 is 4.79 Å². The van der Waals surface area contributed by atoms with E-state index in [1.165, 1.54) is 23.8 Å². The van der Waals surface area contributed by atoms with E-state index < -0.39 is 36.7 Å². The van der Waals surface area contributed by atoms with Crippen molar-refractivity contribution in [3.05, 3.63) is 152 Å². The number of nitro groups is 1. The van der Waals surface area contributed by atoms with Gasteiger partial charge >= 0.3 is 0 Å². The van der Waals surface area contributed by atoms with Crippen LogP contribution in [0.5, 0.6) is 11.5 Å². The first-order chi connectivity index (χ1) is 28.8. The first-order valence-corrected chi connectivity index (χ1v) is 23.1. The molecule has 4 heterocycles. The highest BCUT2D eigenvalue weighted by Crippen LogP contribution is 2.60. The average molecular weight is 829 g/mol. The van der Waals surface area contributed by atoms with E-state index in [-0.39, 0.29) is 53.9 Å². The van der Waals surface area contributed by atoms with Crippen LogP contribution in [0.2, 0.25) is 18.6 Å². The number of aliphatic hydroxyl groups is 1. The van der Waals surface area contributed by atoms with Crippen molar-refractivity contribution in [2.75, 3.05) is 25.7 Å². The monoisotopic (exact) mass is 828 g/mol. The van der Waals surface area contributed by atoms with Gasteiger partial charge in [-0.05, 0) is 71.1 Å². The summed E-state index contributed by atoms with van der Waals surface area (Å²) in [6.45, 7) is 6.65. The van der Waals surface area contributed by atoms with Crippen LogP contribution in [0.15, 0.2) is 114 Å². The van der Waals surface area contributed by atoms with Gasteiger partial charge in [-0.2, -0.15) is 0 Å². The maximum atomic E-state index is 15.4. The molecule has 14 heteroatoms. The zero-order valence-electron chi connectivity index (χ0n) is 34.2. The highest BCUT2D eigenvalue weighted by atomic mass is 28.3. The summed E-state index contributed by atoms with van der Waals surface area (Å²) in [6.07, 6.45) is 1.37. The summed E-state index contributed by atoms with van der Waals surface area (Å²) in [6, 6.07) is 30.4. The van der Waals surface area contributed by atoms with E-state index in [0.717, 1.165) is 21.9 Å². The van der Waals surface area contributed by atoms with E-state index in [9.17, 15) is 24.8 Å². The van der Waals surface area contributed by atoms with Gasteiger partial charge in [0.05, 0.1) is 64.6 Å². The van der Waals surface area contributed by atoms with Crippen LogP contribution in [-0.2, 0) is 39.4 Å². The zero-order chi connectivity index (χ0) is 42.5. The van der Waals surface area contributed by atoms with E-state index in [2.05, 4.69) is 13.1 Å². The third-order valence-corrected chi connectivity index (χ3v) is 17.3. The fraction of sp³-hybridized carbons (Fsp3) is 0.326. The number of aromatic nitrogens is 1. The van der Waals surface area contributed by atoms with Crippen LogP contribution < -0.4 is 25.1 Å². The number of hydrogen-bond donors (Lipinski definition) is 1. The Bertz CT molecular complexity index is 2520. The Morgan fingerprint density at radius 2 is 1.67 bits per heavy atom. The minimum Gasteiger partial charge on any atom is -0.497 e. The number of ether oxygens (including phenoxy) is 3. The van der Waals surface area contributed by atoms with Crippen LogP contribution in [0, 0.1) is 16.0 Å². The van der Waals surface area contributed by atoms with Gasteiger partial charge in [0.1, 0.15) is 5.75 Å². The highest BCUT2D eigenvalue weighted by molar-refractivity contribution is 6.91. The lowest BCUT2D eigenvalue weighted by Crippen LogP contribution is -2.52. The number of nitro benzene ring substituents is 1. The van der Waals surface area contributed by atoms with Gasteiger partial charge in [0.25, 0.3) is 17.2 Å². The quantitative estimate of drug-likeness (QED) is 0.0980. The van der Waals surface area contributed by atoms with Crippen molar-refractivity contribution in [2.45, 2.75) is 69.2 Å². The summed E-state index contributed by atoms with van der Waals surface area (Å²) < 4.78 is 19.3. The number of non-ortho nitro benzene ring substituents is 1. The van der Waals surface area contributed by atoms with Crippen molar-refractivity contribution < 1.29 is 33.8 Å². The molecule has 1 N–H and O–H groups in total. The molecule has 4 aromatic carbocycles. The number of pyridine rings is 1. The van der Waals surface area contributed by atoms with Crippen LogP contribution in [0.4, 0.5) is 11.4 Å². The van der Waals surface area contributed by atoms with Crippen LogP contribution in [0.25, 0.3) is 5.69 Å². The molecule has 0 radical (unpaired) electrons. The number of carbonyl (C=O) groups excluding carboxylic acids is 2. The number of benzene rings is 4. The van der Waals surface area contributed by atoms with Gasteiger partial charge in [-0.3, -0.25) is 29.1 Å². The number of methoxy groups -OCH3 is 2. The first kappa shape index (κ1) is 40.7. The molecular weight excluding hydrogens is 781 g/mol. The lowest BCUT2D eigenvalue weighted by atomic mass is 9.82. The number of hydrogen-bond acceptors (Lipinski definition) is 9. The predicted octanol–water partition coefficient (Wildman–Crippen LogP) is 5.86. The Labute approximate surface area is 348 Å². The van der Waals surface area contributed by atoms with Crippen molar-refractivity contribution >= 4 is 36.4 Å². The Morgan fingerprint density at radius 3 is 2.33 bits per heavy atom. The molecule has 1 aromatic heterocycles. The summed E-state index contributed by atoms with van der Waals surface area (Å²) in [5, 5.41) is 23.9. The molecule has 3 aliphatic rings. The van der Waals surface area contributed by atoms with Crippen LogP contribution in [-0.4, -0.2) is 72.4 Å². The van der Waals surface area contributed by atoms with Gasteiger partial charge in [-0.1, -0.05) is 73.7 Å². The van der Waals surface area contributed by atoms with Gasteiger partial charge in [0.15, 0.2) is 11.4 Å². The SMILES string of the molecule is COc1ccc([Si](C)(C)[C@@H]2[C@@H](CC(=O)N3Cc4ccccc4C[C@H]3CO)O[C@]3(C(=O)N(Cc4ccc(-n5cccc(OC)c5=O)cc4)c4ccc([N+](=O)[O-])cc43)[C@H]2C)cc1. The molecule has 0 aliphatic carbocycles. The lowest BCUT2D eigenvalue weighted by molar-refractivity contribution is -0.385. The molecule has 13 nitrogen and oxygen atoms in total. The number of rotatable bonds is 11. The number of aliphatic hydroxyl groups excluding tert-OH is 1. The van der Waals surface area contributed by atoms with Gasteiger partial charge in [-0.25, -0.2) is 0 Å². The second kappa shape index (κ2) is 15.8. The topological polar surface area (TPSA) is 154 Å². The molecule has 5 aromatic rings. The van der Waals surface area contributed by atoms with Crippen molar-refractivity contribution in [2.24, 2.45) is 5.92 Å². The number of fused-ring (bicyclic) bond motifs is 3. The summed E-state index contributed by atoms with van der Waals surface area (Å²) >= 11 is 0. The molecule has 3 aliphatic heterocycles. The minimum absolute atomic E-state index is 0.0509. The van der Waals surface area contributed by atoms with Crippen molar-refractivity contribution in [3.8, 4) is 17.2 Å². The maximum Gasteiger partial charge on any atom is 0.297 e. The van der Waals surface area contributed by atoms with Crippen molar-refractivity contribution in [1.82, 2.24) is 9.47 Å². The first-order valence-electron chi connectivity index (χ1n) is 20.1. The normalized spacial score (nSPS) is 22.1. The number of carbonyl (C=O) groups is 2. The number of amides is 2. The Kier molecular flexibility index (Phi) is 10.7. The van der Waals surface area contributed by atoms with Crippen LogP contribution in [0.3, 0.4) is 0 Å². The zero-order valence-corrected chi connectivity index (χ0v) is 35.2. The second-order valence-electron chi connectivity index (χ2n) is 16.5. The minimum atomic E-state index is -2.68. The summed E-state index contributed by atoms with van der Waals surface area (Å²) in [5.74, 6) is -0.168. The molecular formula is C46H48N4O9Si. The fourth-order valence-electron chi connectivity index (χ4n) is 9.88. The molecule has 1 saturated heterocycles. The maximum absolute atomic E-state index is 15.4. The van der Waals surface area contributed by atoms with Crippen LogP contribution in [0.1, 0.15) is 35.6 Å². The van der Waals surface area contributed by atoms with E-state index in [0.29, 0.717) is 35.7 Å². The largest absolute Gasteiger partial charge is 0.497 e. The molecule has 1 fully saturated rings. The molecule has 2 amide bonds. The van der Waals surface area contributed by atoms with E-state index in [4.69, 9.17) is 14.2 Å². The van der Waals surface area contributed by atoms with Crippen molar-refractivity contribution in [1.29, 1.82) is 0 Å². The molecule has 8 rings (SSSR count). The standard InChI is InChI=1S/C46H48N4O9Si/c1-29-43(60(4,5)37-19-17-36(57-2)18-20-37)41(25-42(52)48-27-32-10-7-6-9-31(32)23-35(48)28-51)59-46(29)38-24-34(50(55)56)16-21-39(38)49(45(46)54)26-30-12-14-33(15-13-30)47-22-8-11-40(58-3)44(47)53/h6-22,24,29,35,41,43,51H,23,25-28H2,1-5H3/t29-,35-,41+,43-,46+/m0/s1. The Balaban J connectivity index is 1.19. The second-order valence-corrected chi connectivity index (χ2v) is 21.1. The molecule has 0 unspecified atom stereocenters. The Hall–Kier alpha value is -6.09. The number of anilines is 1. The third kappa shape index (κ3) is 6.78. The molecule has 1 spiro atoms. The summed E-state index contributed by atoms with van der Waals surface area (Å²) in [5.41, 5.74) is 1.92. The number of nitrogens with zero attached hydrogens (tertiary/aromatic N) is 4. The predicted molar refractivity (Wildman–Crippen MR) is 229 cm³/mol. The van der Waals surface area contributed by atoms with Gasteiger partial charge in [0.2, 0.25) is 5.91 Å². The van der Waals surface area contributed by atoms with Gasteiger partial charge < -0.3 is 29.1 Å². The van der Waals surface area contributed by atoms with Gasteiger partial charge in [0, 0.05) is 42.0 Å².